The number of nitrogens with zero attached hydrogens (tertiary/aromatic N) is 4. The molecule has 0 bridgehead atoms. The third-order valence-electron chi connectivity index (χ3n) is 5.67. The molecule has 2 heterocycles. The van der Waals surface area contributed by atoms with E-state index in [0.29, 0.717) is 49.3 Å². The van der Waals surface area contributed by atoms with Crippen molar-refractivity contribution >= 4 is 26.5 Å². The van der Waals surface area contributed by atoms with Crippen LogP contribution in [0, 0.1) is 0 Å². The summed E-state index contributed by atoms with van der Waals surface area (Å²) in [5, 5.41) is 10.9. The van der Waals surface area contributed by atoms with Crippen LogP contribution in [0.2, 0.25) is 0 Å². The van der Waals surface area contributed by atoms with Crippen LogP contribution in [-0.2, 0) is 10.0 Å². The van der Waals surface area contributed by atoms with Gasteiger partial charge in [-0.25, -0.2) is 8.42 Å². The van der Waals surface area contributed by atoms with Crippen LogP contribution in [-0.4, -0.2) is 55.7 Å². The molecule has 1 aromatic carbocycles. The molecule has 0 spiro atoms. The molecular formula is C20H28N4O3S2. The number of rotatable bonds is 6. The van der Waals surface area contributed by atoms with E-state index in [4.69, 9.17) is 4.74 Å². The average Bonchev–Trinajstić information content (AvgIpc) is 3.25. The highest BCUT2D eigenvalue weighted by Gasteiger charge is 2.30. The summed E-state index contributed by atoms with van der Waals surface area (Å²) in [4.78, 5) is 2.47. The van der Waals surface area contributed by atoms with Crippen molar-refractivity contribution in [2.24, 2.45) is 0 Å². The average molecular weight is 437 g/mol. The van der Waals surface area contributed by atoms with Crippen molar-refractivity contribution in [1.29, 1.82) is 0 Å². The summed E-state index contributed by atoms with van der Waals surface area (Å²) in [6, 6.07) is 6.66. The van der Waals surface area contributed by atoms with Gasteiger partial charge in [0.1, 0.15) is 10.8 Å². The lowest BCUT2D eigenvalue weighted by molar-refractivity contribution is 0.340. The van der Waals surface area contributed by atoms with E-state index in [1.54, 1.807) is 39.9 Å². The maximum Gasteiger partial charge on any atom is 0.243 e. The second kappa shape index (κ2) is 8.97. The van der Waals surface area contributed by atoms with E-state index in [1.165, 1.54) is 32.1 Å². The molecule has 29 heavy (non-hydrogen) atoms. The van der Waals surface area contributed by atoms with Crippen LogP contribution in [0.5, 0.6) is 5.75 Å². The summed E-state index contributed by atoms with van der Waals surface area (Å²) >= 11 is 1.68. The fourth-order valence-corrected chi connectivity index (χ4v) is 6.50. The summed E-state index contributed by atoms with van der Waals surface area (Å²) in [5.74, 6) is 1.23. The fourth-order valence-electron chi connectivity index (χ4n) is 4.01. The van der Waals surface area contributed by atoms with Gasteiger partial charge < -0.3 is 9.64 Å². The van der Waals surface area contributed by atoms with E-state index in [2.05, 4.69) is 15.1 Å². The van der Waals surface area contributed by atoms with Crippen molar-refractivity contribution in [2.75, 3.05) is 37.7 Å². The first-order valence-corrected chi connectivity index (χ1v) is 12.6. The Morgan fingerprint density at radius 3 is 2.38 bits per heavy atom. The molecule has 7 nitrogen and oxygen atoms in total. The smallest absolute Gasteiger partial charge is 0.243 e. The van der Waals surface area contributed by atoms with Gasteiger partial charge in [-0.15, -0.1) is 10.2 Å². The summed E-state index contributed by atoms with van der Waals surface area (Å²) in [6.45, 7) is 4.63. The Balaban J connectivity index is 1.38. The third kappa shape index (κ3) is 4.57. The van der Waals surface area contributed by atoms with E-state index < -0.39 is 10.0 Å². The largest absolute Gasteiger partial charge is 0.494 e. The molecule has 0 amide bonds. The van der Waals surface area contributed by atoms with Crippen molar-refractivity contribution in [3.63, 3.8) is 0 Å². The van der Waals surface area contributed by atoms with Gasteiger partial charge in [-0.2, -0.15) is 4.31 Å². The lowest BCUT2D eigenvalue weighted by atomic mass is 9.90. The Morgan fingerprint density at radius 1 is 1.03 bits per heavy atom. The molecule has 2 aromatic rings. The normalized spacial score (nSPS) is 19.4. The standard InChI is InChI=1S/C20H28N4O3S2/c1-2-27-17-8-10-18(11-9-17)29(25,26)24-14-12-23(13-15-24)20-22-21-19(28-20)16-6-4-3-5-7-16/h8-11,16H,2-7,12-15H2,1H3. The second-order valence-corrected chi connectivity index (χ2v) is 10.5. The first-order valence-electron chi connectivity index (χ1n) is 10.4. The van der Waals surface area contributed by atoms with Crippen LogP contribution in [0.15, 0.2) is 29.2 Å². The highest BCUT2D eigenvalue weighted by Crippen LogP contribution is 2.36. The van der Waals surface area contributed by atoms with Crippen molar-refractivity contribution in [2.45, 2.75) is 49.8 Å². The maximum atomic E-state index is 13.0. The lowest BCUT2D eigenvalue weighted by Crippen LogP contribution is -2.48. The highest BCUT2D eigenvalue weighted by molar-refractivity contribution is 7.89. The number of hydrogen-bond donors (Lipinski definition) is 0. The van der Waals surface area contributed by atoms with E-state index in [9.17, 15) is 8.42 Å². The van der Waals surface area contributed by atoms with Crippen molar-refractivity contribution in [3.05, 3.63) is 29.3 Å². The number of anilines is 1. The van der Waals surface area contributed by atoms with Crippen molar-refractivity contribution in [3.8, 4) is 5.75 Å². The lowest BCUT2D eigenvalue weighted by Gasteiger charge is -2.33. The van der Waals surface area contributed by atoms with E-state index >= 15 is 0 Å². The molecule has 0 N–H and O–H groups in total. The van der Waals surface area contributed by atoms with Gasteiger partial charge in [0.25, 0.3) is 0 Å². The highest BCUT2D eigenvalue weighted by atomic mass is 32.2. The molecule has 0 radical (unpaired) electrons. The number of hydrogen-bond acceptors (Lipinski definition) is 7. The molecule has 158 valence electrons. The first kappa shape index (κ1) is 20.6. The molecule has 1 aliphatic heterocycles. The van der Waals surface area contributed by atoms with Crippen LogP contribution in [0.3, 0.4) is 0 Å². The van der Waals surface area contributed by atoms with Crippen LogP contribution in [0.25, 0.3) is 0 Å². The molecule has 4 rings (SSSR count). The predicted octanol–water partition coefficient (Wildman–Crippen LogP) is 3.50. The molecule has 1 aliphatic carbocycles. The zero-order valence-corrected chi connectivity index (χ0v) is 18.4. The molecule has 1 saturated carbocycles. The Labute approximate surface area is 176 Å². The molecule has 1 aromatic heterocycles. The molecule has 2 aliphatic rings. The number of benzene rings is 1. The van der Waals surface area contributed by atoms with Gasteiger partial charge in [-0.1, -0.05) is 30.6 Å². The minimum atomic E-state index is -3.49. The Hall–Kier alpha value is -1.71. The van der Waals surface area contributed by atoms with Crippen LogP contribution in [0.1, 0.15) is 50.0 Å². The topological polar surface area (TPSA) is 75.6 Å². The minimum Gasteiger partial charge on any atom is -0.494 e. The number of ether oxygens (including phenoxy) is 1. The van der Waals surface area contributed by atoms with Gasteiger partial charge in [0, 0.05) is 32.1 Å². The van der Waals surface area contributed by atoms with Crippen molar-refractivity contribution < 1.29 is 13.2 Å². The van der Waals surface area contributed by atoms with Crippen LogP contribution in [0.4, 0.5) is 5.13 Å². The molecule has 0 atom stereocenters. The summed E-state index contributed by atoms with van der Waals surface area (Å²) in [6.07, 6.45) is 6.31. The second-order valence-electron chi connectivity index (χ2n) is 7.55. The maximum absolute atomic E-state index is 13.0. The number of sulfonamides is 1. The quantitative estimate of drug-likeness (QED) is 0.690. The monoisotopic (exact) mass is 436 g/mol. The summed E-state index contributed by atoms with van der Waals surface area (Å²) in [7, 11) is -3.49. The molecular weight excluding hydrogens is 408 g/mol. The molecule has 1 saturated heterocycles. The van der Waals surface area contributed by atoms with E-state index in [-0.39, 0.29) is 0 Å². The Bertz CT molecular complexity index is 900. The summed E-state index contributed by atoms with van der Waals surface area (Å²) < 4.78 is 32.9. The van der Waals surface area contributed by atoms with Gasteiger partial charge in [0.2, 0.25) is 15.2 Å². The zero-order valence-electron chi connectivity index (χ0n) is 16.8. The van der Waals surface area contributed by atoms with Crippen LogP contribution >= 0.6 is 11.3 Å². The van der Waals surface area contributed by atoms with Gasteiger partial charge in [-0.05, 0) is 44.0 Å². The summed E-state index contributed by atoms with van der Waals surface area (Å²) in [5.41, 5.74) is 0. The van der Waals surface area contributed by atoms with Crippen LogP contribution < -0.4 is 9.64 Å². The predicted molar refractivity (Wildman–Crippen MR) is 114 cm³/mol. The van der Waals surface area contributed by atoms with Gasteiger partial charge in [0.05, 0.1) is 11.5 Å². The Kier molecular flexibility index (Phi) is 6.36. The number of aromatic nitrogens is 2. The SMILES string of the molecule is CCOc1ccc(S(=O)(=O)N2CCN(c3nnc(C4CCCCC4)s3)CC2)cc1. The molecule has 2 fully saturated rings. The first-order chi connectivity index (χ1) is 14.1. The van der Waals surface area contributed by atoms with Gasteiger partial charge in [0.15, 0.2) is 0 Å². The fraction of sp³-hybridized carbons (Fsp3) is 0.600. The van der Waals surface area contributed by atoms with E-state index in [1.807, 2.05) is 6.92 Å². The molecule has 0 unspecified atom stereocenters. The van der Waals surface area contributed by atoms with Gasteiger partial charge >= 0.3 is 0 Å². The minimum absolute atomic E-state index is 0.310. The third-order valence-corrected chi connectivity index (χ3v) is 8.73. The van der Waals surface area contributed by atoms with E-state index in [0.717, 1.165) is 10.1 Å². The number of piperazine rings is 1. The molecule has 9 heteroatoms. The van der Waals surface area contributed by atoms with Crippen molar-refractivity contribution in [1.82, 2.24) is 14.5 Å². The zero-order chi connectivity index (χ0) is 20.3. The van der Waals surface area contributed by atoms with Gasteiger partial charge in [-0.3, -0.25) is 0 Å². The Morgan fingerprint density at radius 2 is 1.72 bits per heavy atom.